The zero-order valence-electron chi connectivity index (χ0n) is 13.4. The third kappa shape index (κ3) is 4.42. The number of hydrogen-bond acceptors (Lipinski definition) is 6. The lowest BCUT2D eigenvalue weighted by Crippen LogP contribution is -2.42. The molecule has 1 fully saturated rings. The molecule has 1 aliphatic rings. The van der Waals surface area contributed by atoms with Crippen molar-refractivity contribution in [1.29, 1.82) is 0 Å². The van der Waals surface area contributed by atoms with Crippen LogP contribution in [0, 0.1) is 0 Å². The van der Waals surface area contributed by atoms with E-state index in [0.717, 1.165) is 13.1 Å². The molecule has 0 aliphatic carbocycles. The fourth-order valence-corrected chi connectivity index (χ4v) is 4.39. The highest BCUT2D eigenvalue weighted by atomic mass is 32.2. The number of likely N-dealkylation sites (tertiary alicyclic amines) is 1. The molecular weight excluding hydrogens is 304 g/mol. The minimum absolute atomic E-state index is 0.258. The zero-order chi connectivity index (χ0) is 16.8. The number of piperidine rings is 1. The molecule has 0 saturated carbocycles. The first kappa shape index (κ1) is 18.9. The summed E-state index contributed by atoms with van der Waals surface area (Å²) in [5.41, 5.74) is 0. The van der Waals surface area contributed by atoms with Crippen LogP contribution >= 0.6 is 0 Å². The second kappa shape index (κ2) is 8.47. The third-order valence-electron chi connectivity index (χ3n) is 4.03. The highest BCUT2D eigenvalue weighted by molar-refractivity contribution is 7.92. The van der Waals surface area contributed by atoms with Gasteiger partial charge < -0.3 is 14.8 Å². The zero-order valence-corrected chi connectivity index (χ0v) is 14.2. The van der Waals surface area contributed by atoms with Crippen molar-refractivity contribution in [2.45, 2.75) is 42.9 Å². The van der Waals surface area contributed by atoms with Gasteiger partial charge >= 0.3 is 0 Å². The smallest absolute Gasteiger partial charge is 0.181 e. The summed E-state index contributed by atoms with van der Waals surface area (Å²) in [5.74, 6) is 4.18. The average Bonchev–Trinajstić information content (AvgIpc) is 2.56. The van der Waals surface area contributed by atoms with Crippen molar-refractivity contribution in [2.24, 2.45) is 5.90 Å². The van der Waals surface area contributed by atoms with Crippen LogP contribution in [0.2, 0.25) is 0 Å². The molecule has 0 spiro atoms. The fourth-order valence-electron chi connectivity index (χ4n) is 2.66. The van der Waals surface area contributed by atoms with Crippen molar-refractivity contribution in [1.82, 2.24) is 4.90 Å². The molecule has 1 aromatic carbocycles. The third-order valence-corrected chi connectivity index (χ3v) is 6.31. The van der Waals surface area contributed by atoms with Gasteiger partial charge in [0.15, 0.2) is 9.84 Å². The molecule has 22 heavy (non-hydrogen) atoms. The number of methoxy groups -OCH3 is 1. The Kier molecular flexibility index (Phi) is 7.28. The second-order valence-electron chi connectivity index (χ2n) is 5.55. The molecule has 0 amide bonds. The highest BCUT2D eigenvalue weighted by Crippen LogP contribution is 2.26. The van der Waals surface area contributed by atoms with Gasteiger partial charge in [-0.15, -0.1) is 0 Å². The van der Waals surface area contributed by atoms with E-state index >= 15 is 0 Å². The van der Waals surface area contributed by atoms with Crippen molar-refractivity contribution < 1.29 is 18.4 Å². The first-order chi connectivity index (χ1) is 10.4. The van der Waals surface area contributed by atoms with E-state index in [2.05, 4.69) is 24.6 Å². The van der Waals surface area contributed by atoms with E-state index in [4.69, 9.17) is 9.94 Å². The summed E-state index contributed by atoms with van der Waals surface area (Å²) in [4.78, 5) is 2.74. The molecule has 0 unspecified atom stereocenters. The molecule has 1 saturated heterocycles. The van der Waals surface area contributed by atoms with E-state index in [1.165, 1.54) is 0 Å². The average molecular weight is 330 g/mol. The van der Waals surface area contributed by atoms with Gasteiger partial charge in [-0.05, 0) is 64.0 Å². The van der Waals surface area contributed by atoms with Crippen molar-refractivity contribution in [3.05, 3.63) is 24.3 Å². The molecule has 0 atom stereocenters. The molecule has 0 bridgehead atoms. The van der Waals surface area contributed by atoms with Crippen LogP contribution < -0.4 is 10.6 Å². The number of nitrogens with zero attached hydrogens (tertiary/aromatic N) is 1. The Hall–Kier alpha value is -1.15. The maximum Gasteiger partial charge on any atom is 0.181 e. The summed E-state index contributed by atoms with van der Waals surface area (Å²) < 4.78 is 30.3. The van der Waals surface area contributed by atoms with E-state index in [1.807, 2.05) is 0 Å². The summed E-state index contributed by atoms with van der Waals surface area (Å²) in [5, 5.41) is 6.24. The first-order valence-electron chi connectivity index (χ1n) is 7.33. The number of hydrogen-bond donors (Lipinski definition) is 2. The van der Waals surface area contributed by atoms with Crippen LogP contribution in [0.3, 0.4) is 0 Å². The lowest BCUT2D eigenvalue weighted by Gasteiger charge is -2.34. The summed E-state index contributed by atoms with van der Waals surface area (Å²) in [7, 11) is -1.64. The lowest BCUT2D eigenvalue weighted by atomic mass is 10.1. The monoisotopic (exact) mass is 330 g/mol. The van der Waals surface area contributed by atoms with Crippen LogP contribution in [-0.4, -0.2) is 50.0 Å². The molecule has 2 rings (SSSR count). The van der Waals surface area contributed by atoms with Gasteiger partial charge in [-0.2, -0.15) is 0 Å². The number of nitrogens with two attached hydrogens (primary N) is 1. The van der Waals surface area contributed by atoms with E-state index < -0.39 is 9.84 Å². The molecule has 3 N–H and O–H groups in total. The molecule has 7 heteroatoms. The van der Waals surface area contributed by atoms with Crippen LogP contribution in [0.5, 0.6) is 5.75 Å². The molecule has 0 aromatic heterocycles. The Balaban J connectivity index is 0.00000116. The molecule has 6 nitrogen and oxygen atoms in total. The molecule has 0 radical (unpaired) electrons. The topological polar surface area (TPSA) is 92.9 Å². The number of sulfone groups is 1. The molecular formula is C15H26N2O4S. The minimum Gasteiger partial charge on any atom is -0.497 e. The Morgan fingerprint density at radius 1 is 1.18 bits per heavy atom. The summed E-state index contributed by atoms with van der Waals surface area (Å²) in [6.45, 7) is 6.02. The fraction of sp³-hybridized carbons (Fsp3) is 0.600. The van der Waals surface area contributed by atoms with Crippen LogP contribution in [0.15, 0.2) is 29.2 Å². The van der Waals surface area contributed by atoms with Crippen molar-refractivity contribution in [3.63, 3.8) is 0 Å². The van der Waals surface area contributed by atoms with Gasteiger partial charge in [0.1, 0.15) is 5.75 Å². The summed E-state index contributed by atoms with van der Waals surface area (Å²) in [6.07, 6.45) is 1.43. The highest BCUT2D eigenvalue weighted by Gasteiger charge is 2.31. The van der Waals surface area contributed by atoms with Gasteiger partial charge in [-0.1, -0.05) is 0 Å². The first-order valence-corrected chi connectivity index (χ1v) is 8.87. The SMILES string of the molecule is COc1ccc(S(=O)(=O)C2CCN(C(C)C)CC2)cc1.NO. The second-order valence-corrected chi connectivity index (χ2v) is 7.78. The summed E-state index contributed by atoms with van der Waals surface area (Å²) in [6, 6.07) is 7.18. The van der Waals surface area contributed by atoms with E-state index in [0.29, 0.717) is 29.5 Å². The Bertz CT molecular complexity index is 535. The molecule has 1 aliphatic heterocycles. The predicted octanol–water partition coefficient (Wildman–Crippen LogP) is 1.68. The molecule has 1 aromatic rings. The largest absolute Gasteiger partial charge is 0.497 e. The standard InChI is InChI=1S/C15H23NO3S.H3NO/c1-12(2)16-10-8-15(9-11-16)20(17,18)14-6-4-13(19-3)5-7-14;1-2/h4-7,12,15H,8-11H2,1-3H3;2H,1H2. The van der Waals surface area contributed by atoms with Gasteiger partial charge in [0.05, 0.1) is 17.3 Å². The van der Waals surface area contributed by atoms with Gasteiger partial charge in [-0.3, -0.25) is 0 Å². The molecule has 1 heterocycles. The van der Waals surface area contributed by atoms with Crippen molar-refractivity contribution in [3.8, 4) is 5.75 Å². The van der Waals surface area contributed by atoms with Crippen LogP contribution in [0.4, 0.5) is 0 Å². The molecule has 126 valence electrons. The maximum absolute atomic E-state index is 12.6. The van der Waals surface area contributed by atoms with E-state index in [9.17, 15) is 8.42 Å². The van der Waals surface area contributed by atoms with Crippen molar-refractivity contribution in [2.75, 3.05) is 20.2 Å². The number of ether oxygens (including phenoxy) is 1. The van der Waals surface area contributed by atoms with Crippen LogP contribution in [0.25, 0.3) is 0 Å². The predicted molar refractivity (Wildman–Crippen MR) is 85.9 cm³/mol. The van der Waals surface area contributed by atoms with Gasteiger partial charge in [0.25, 0.3) is 0 Å². The van der Waals surface area contributed by atoms with Gasteiger partial charge in [0, 0.05) is 6.04 Å². The Morgan fingerprint density at radius 3 is 2.09 bits per heavy atom. The van der Waals surface area contributed by atoms with Gasteiger partial charge in [0.2, 0.25) is 0 Å². The Labute approximate surface area is 132 Å². The quantitative estimate of drug-likeness (QED) is 0.816. The number of benzene rings is 1. The van der Waals surface area contributed by atoms with Crippen molar-refractivity contribution >= 4 is 9.84 Å². The normalized spacial score (nSPS) is 17.0. The van der Waals surface area contributed by atoms with E-state index in [1.54, 1.807) is 31.4 Å². The summed E-state index contributed by atoms with van der Waals surface area (Å²) >= 11 is 0. The van der Waals surface area contributed by atoms with Crippen LogP contribution in [0.1, 0.15) is 26.7 Å². The van der Waals surface area contributed by atoms with E-state index in [-0.39, 0.29) is 5.25 Å². The van der Waals surface area contributed by atoms with Gasteiger partial charge in [-0.25, -0.2) is 14.3 Å². The maximum atomic E-state index is 12.6. The number of rotatable bonds is 4. The Morgan fingerprint density at radius 2 is 1.68 bits per heavy atom. The minimum atomic E-state index is -3.22. The van der Waals surface area contributed by atoms with Crippen LogP contribution in [-0.2, 0) is 9.84 Å². The lowest BCUT2D eigenvalue weighted by molar-refractivity contribution is 0.186.